The highest BCUT2D eigenvalue weighted by Crippen LogP contribution is 2.24. The minimum Gasteiger partial charge on any atom is -0.393 e. The lowest BCUT2D eigenvalue weighted by Crippen LogP contribution is -2.40. The Hall–Kier alpha value is -1.59. The zero-order chi connectivity index (χ0) is 17.0. The summed E-state index contributed by atoms with van der Waals surface area (Å²) in [5.41, 5.74) is 2.51. The molecule has 0 aromatic heterocycles. The van der Waals surface area contributed by atoms with Gasteiger partial charge in [-0.3, -0.25) is 9.59 Å². The molecule has 0 atom stereocenters. The predicted molar refractivity (Wildman–Crippen MR) is 90.6 cm³/mol. The third kappa shape index (κ3) is 4.94. The van der Waals surface area contributed by atoms with Crippen molar-refractivity contribution >= 4 is 29.1 Å². The molecule has 0 unspecified atom stereocenters. The van der Waals surface area contributed by atoms with Crippen molar-refractivity contribution in [3.8, 4) is 0 Å². The number of benzene rings is 1. The van der Waals surface area contributed by atoms with Crippen molar-refractivity contribution in [3.05, 3.63) is 28.3 Å². The van der Waals surface area contributed by atoms with Crippen molar-refractivity contribution in [2.24, 2.45) is 0 Å². The van der Waals surface area contributed by atoms with Gasteiger partial charge in [0.25, 0.3) is 0 Å². The maximum atomic E-state index is 12.1. The molecule has 6 heteroatoms. The fourth-order valence-corrected chi connectivity index (χ4v) is 2.84. The van der Waals surface area contributed by atoms with Gasteiger partial charge >= 0.3 is 0 Å². The van der Waals surface area contributed by atoms with Crippen LogP contribution in [0.25, 0.3) is 0 Å². The number of hydrogen-bond donors (Lipinski definition) is 2. The van der Waals surface area contributed by atoms with Crippen molar-refractivity contribution < 1.29 is 14.7 Å². The van der Waals surface area contributed by atoms with Crippen LogP contribution in [-0.2, 0) is 9.59 Å². The van der Waals surface area contributed by atoms with Crippen molar-refractivity contribution in [1.29, 1.82) is 0 Å². The molecule has 1 aliphatic rings. The zero-order valence-electron chi connectivity index (χ0n) is 13.6. The SMILES string of the molecule is Cc1cc(NC(=O)CCC(=O)N2CCC(O)CC2)cc(C)c1Cl. The van der Waals surface area contributed by atoms with Crippen LogP contribution in [0.3, 0.4) is 0 Å². The third-order valence-corrected chi connectivity index (χ3v) is 4.70. The monoisotopic (exact) mass is 338 g/mol. The van der Waals surface area contributed by atoms with Gasteiger partial charge in [-0.2, -0.15) is 0 Å². The van der Waals surface area contributed by atoms with Crippen molar-refractivity contribution in [1.82, 2.24) is 4.90 Å². The number of nitrogens with one attached hydrogen (secondary N) is 1. The van der Waals surface area contributed by atoms with Crippen molar-refractivity contribution in [2.75, 3.05) is 18.4 Å². The second-order valence-electron chi connectivity index (χ2n) is 6.08. The quantitative estimate of drug-likeness (QED) is 0.886. The molecule has 2 amide bonds. The maximum Gasteiger partial charge on any atom is 0.224 e. The Balaban J connectivity index is 1.82. The molecule has 2 N–H and O–H groups in total. The number of rotatable bonds is 4. The van der Waals surface area contributed by atoms with E-state index in [1.54, 1.807) is 4.90 Å². The summed E-state index contributed by atoms with van der Waals surface area (Å²) < 4.78 is 0. The lowest BCUT2D eigenvalue weighted by molar-refractivity contribution is -0.134. The zero-order valence-corrected chi connectivity index (χ0v) is 14.3. The molecular weight excluding hydrogens is 316 g/mol. The van der Waals surface area contributed by atoms with Gasteiger partial charge in [-0.15, -0.1) is 0 Å². The molecule has 1 saturated heterocycles. The second-order valence-corrected chi connectivity index (χ2v) is 6.46. The number of likely N-dealkylation sites (tertiary alicyclic amines) is 1. The molecule has 1 fully saturated rings. The largest absolute Gasteiger partial charge is 0.393 e. The number of nitrogens with zero attached hydrogens (tertiary/aromatic N) is 1. The highest BCUT2D eigenvalue weighted by atomic mass is 35.5. The number of piperidine rings is 1. The first kappa shape index (κ1) is 17.8. The average molecular weight is 339 g/mol. The summed E-state index contributed by atoms with van der Waals surface area (Å²) in [6.45, 7) is 4.91. The van der Waals surface area contributed by atoms with Crippen LogP contribution in [0.15, 0.2) is 12.1 Å². The Morgan fingerprint density at radius 3 is 2.35 bits per heavy atom. The van der Waals surface area contributed by atoms with E-state index in [2.05, 4.69) is 5.32 Å². The smallest absolute Gasteiger partial charge is 0.224 e. The van der Waals surface area contributed by atoms with E-state index < -0.39 is 0 Å². The van der Waals surface area contributed by atoms with Gasteiger partial charge in [0.1, 0.15) is 0 Å². The summed E-state index contributed by atoms with van der Waals surface area (Å²) in [7, 11) is 0. The fourth-order valence-electron chi connectivity index (χ4n) is 2.74. The normalized spacial score (nSPS) is 15.6. The first-order valence-electron chi connectivity index (χ1n) is 7.89. The molecule has 0 saturated carbocycles. The van der Waals surface area contributed by atoms with Gasteiger partial charge in [-0.25, -0.2) is 0 Å². The number of hydrogen-bond acceptors (Lipinski definition) is 3. The number of aliphatic hydroxyl groups excluding tert-OH is 1. The van der Waals surface area contributed by atoms with Crippen LogP contribution >= 0.6 is 11.6 Å². The predicted octanol–water partition coefficient (Wildman–Crippen LogP) is 2.66. The molecule has 126 valence electrons. The first-order valence-corrected chi connectivity index (χ1v) is 8.27. The van der Waals surface area contributed by atoms with Crippen LogP contribution in [-0.4, -0.2) is 41.0 Å². The Labute approximate surface area is 141 Å². The summed E-state index contributed by atoms with van der Waals surface area (Å²) in [5, 5.41) is 13.0. The van der Waals surface area contributed by atoms with Crippen LogP contribution in [0.5, 0.6) is 0 Å². The van der Waals surface area contributed by atoms with Crippen molar-refractivity contribution in [2.45, 2.75) is 45.6 Å². The summed E-state index contributed by atoms with van der Waals surface area (Å²) in [6.07, 6.45) is 1.26. The summed E-state index contributed by atoms with van der Waals surface area (Å²) in [4.78, 5) is 25.8. The lowest BCUT2D eigenvalue weighted by atomic mass is 10.1. The second kappa shape index (κ2) is 7.79. The topological polar surface area (TPSA) is 69.6 Å². The molecule has 0 radical (unpaired) electrons. The van der Waals surface area contributed by atoms with Gasteiger partial charge in [-0.1, -0.05) is 11.6 Å². The first-order chi connectivity index (χ1) is 10.9. The molecule has 23 heavy (non-hydrogen) atoms. The van der Waals surface area contributed by atoms with Gasteiger partial charge in [0.15, 0.2) is 0 Å². The van der Waals surface area contributed by atoms with E-state index in [1.807, 2.05) is 26.0 Å². The van der Waals surface area contributed by atoms with E-state index in [1.165, 1.54) is 0 Å². The Kier molecular flexibility index (Phi) is 6.02. The fraction of sp³-hybridized carbons (Fsp3) is 0.529. The highest BCUT2D eigenvalue weighted by molar-refractivity contribution is 6.32. The van der Waals surface area contributed by atoms with Gasteiger partial charge < -0.3 is 15.3 Å². The number of carbonyl (C=O) groups is 2. The van der Waals surface area contributed by atoms with E-state index in [4.69, 9.17) is 11.6 Å². The Morgan fingerprint density at radius 1 is 1.22 bits per heavy atom. The minimum atomic E-state index is -0.307. The molecule has 0 aliphatic carbocycles. The maximum absolute atomic E-state index is 12.1. The molecule has 1 aliphatic heterocycles. The van der Waals surface area contributed by atoms with Gasteiger partial charge in [-0.05, 0) is 49.9 Å². The number of carbonyl (C=O) groups excluding carboxylic acids is 2. The standard InChI is InChI=1S/C17H23ClN2O3/c1-11-9-13(10-12(2)17(11)18)19-15(22)3-4-16(23)20-7-5-14(21)6-8-20/h9-10,14,21H,3-8H2,1-2H3,(H,19,22). The van der Waals surface area contributed by atoms with Crippen LogP contribution in [0.1, 0.15) is 36.8 Å². The third-order valence-electron chi connectivity index (χ3n) is 4.10. The average Bonchev–Trinajstić information content (AvgIpc) is 2.51. The summed E-state index contributed by atoms with van der Waals surface area (Å²) in [6, 6.07) is 3.64. The molecule has 5 nitrogen and oxygen atoms in total. The number of amides is 2. The number of halogens is 1. The van der Waals surface area contributed by atoms with E-state index >= 15 is 0 Å². The molecule has 0 spiro atoms. The van der Waals surface area contributed by atoms with Crippen molar-refractivity contribution in [3.63, 3.8) is 0 Å². The van der Waals surface area contributed by atoms with Crippen LogP contribution in [0.4, 0.5) is 5.69 Å². The lowest BCUT2D eigenvalue weighted by Gasteiger charge is -2.29. The number of aryl methyl sites for hydroxylation is 2. The van der Waals surface area contributed by atoms with Gasteiger partial charge in [0, 0.05) is 36.6 Å². The van der Waals surface area contributed by atoms with Crippen LogP contribution < -0.4 is 5.32 Å². The summed E-state index contributed by atoms with van der Waals surface area (Å²) in [5.74, 6) is -0.216. The molecule has 1 aromatic carbocycles. The molecule has 0 bridgehead atoms. The molecule has 2 rings (SSSR count). The highest BCUT2D eigenvalue weighted by Gasteiger charge is 2.21. The van der Waals surface area contributed by atoms with Crippen LogP contribution in [0.2, 0.25) is 5.02 Å². The molecule has 1 aromatic rings. The van der Waals surface area contributed by atoms with Gasteiger partial charge in [0.05, 0.1) is 6.10 Å². The van der Waals surface area contributed by atoms with Gasteiger partial charge in [0.2, 0.25) is 11.8 Å². The minimum absolute atomic E-state index is 0.0319. The van der Waals surface area contributed by atoms with E-state index in [-0.39, 0.29) is 30.8 Å². The summed E-state index contributed by atoms with van der Waals surface area (Å²) >= 11 is 6.10. The van der Waals surface area contributed by atoms with E-state index in [0.717, 1.165) is 11.1 Å². The Bertz CT molecular complexity index is 572. The van der Waals surface area contributed by atoms with Crippen LogP contribution in [0, 0.1) is 13.8 Å². The Morgan fingerprint density at radius 2 is 1.78 bits per heavy atom. The number of aliphatic hydroxyl groups is 1. The number of anilines is 1. The molecular formula is C17H23ClN2O3. The molecule has 1 heterocycles. The van der Waals surface area contributed by atoms with E-state index in [9.17, 15) is 14.7 Å². The van der Waals surface area contributed by atoms with E-state index in [0.29, 0.717) is 36.6 Å².